The zero-order valence-electron chi connectivity index (χ0n) is 13.8. The first kappa shape index (κ1) is 15.5. The summed E-state index contributed by atoms with van der Waals surface area (Å²) in [4.78, 5) is 14.3. The van der Waals surface area contributed by atoms with Crippen LogP contribution in [0, 0.1) is 0 Å². The Morgan fingerprint density at radius 1 is 1.04 bits per heavy atom. The molecule has 2 aromatic rings. The van der Waals surface area contributed by atoms with Gasteiger partial charge in [-0.1, -0.05) is 62.4 Å². The van der Waals surface area contributed by atoms with Gasteiger partial charge in [0.2, 0.25) is 5.91 Å². The van der Waals surface area contributed by atoms with E-state index in [1.54, 1.807) is 6.08 Å². The highest BCUT2D eigenvalue weighted by Gasteiger charge is 2.18. The molecule has 0 spiro atoms. The van der Waals surface area contributed by atoms with E-state index >= 15 is 0 Å². The Balaban J connectivity index is 1.65. The molecule has 1 heterocycles. The van der Waals surface area contributed by atoms with Gasteiger partial charge in [0.1, 0.15) is 0 Å². The van der Waals surface area contributed by atoms with Crippen LogP contribution in [0.3, 0.4) is 0 Å². The van der Waals surface area contributed by atoms with E-state index in [2.05, 4.69) is 56.3 Å². The molecule has 0 unspecified atom stereocenters. The summed E-state index contributed by atoms with van der Waals surface area (Å²) in [6.45, 7) is 5.88. The quantitative estimate of drug-likeness (QED) is 0.769. The summed E-state index contributed by atoms with van der Waals surface area (Å²) in [6, 6.07) is 16.8. The number of benzene rings is 2. The number of rotatable bonds is 3. The molecule has 3 rings (SSSR count). The minimum absolute atomic E-state index is 0.0902. The largest absolute Gasteiger partial charge is 0.334 e. The van der Waals surface area contributed by atoms with Crippen molar-refractivity contribution in [3.8, 4) is 0 Å². The normalized spacial score (nSPS) is 14.3. The fourth-order valence-electron chi connectivity index (χ4n) is 2.95. The van der Waals surface area contributed by atoms with Crippen LogP contribution in [0.25, 0.3) is 6.08 Å². The van der Waals surface area contributed by atoms with Crippen molar-refractivity contribution in [1.82, 2.24) is 4.90 Å². The van der Waals surface area contributed by atoms with Crippen LogP contribution in [0.1, 0.15) is 42.0 Å². The molecule has 2 heteroatoms. The van der Waals surface area contributed by atoms with Crippen LogP contribution < -0.4 is 0 Å². The van der Waals surface area contributed by atoms with Crippen molar-refractivity contribution < 1.29 is 4.79 Å². The van der Waals surface area contributed by atoms with Gasteiger partial charge in [-0.3, -0.25) is 4.79 Å². The zero-order chi connectivity index (χ0) is 16.2. The second-order valence-electron chi connectivity index (χ2n) is 6.43. The van der Waals surface area contributed by atoms with E-state index in [-0.39, 0.29) is 5.91 Å². The monoisotopic (exact) mass is 305 g/mol. The SMILES string of the molecule is CC(C)c1ccc(C=CC(=O)N2CCc3ccccc3C2)cc1. The molecule has 0 saturated carbocycles. The van der Waals surface area contributed by atoms with Crippen LogP contribution in [0.5, 0.6) is 0 Å². The van der Waals surface area contributed by atoms with Gasteiger partial charge in [0.05, 0.1) is 0 Å². The van der Waals surface area contributed by atoms with Crippen LogP contribution in [-0.4, -0.2) is 17.4 Å². The van der Waals surface area contributed by atoms with E-state index in [4.69, 9.17) is 0 Å². The van der Waals surface area contributed by atoms with E-state index < -0.39 is 0 Å². The van der Waals surface area contributed by atoms with Crippen LogP contribution in [0.15, 0.2) is 54.6 Å². The first-order valence-corrected chi connectivity index (χ1v) is 8.27. The van der Waals surface area contributed by atoms with Gasteiger partial charge in [0.15, 0.2) is 0 Å². The third kappa shape index (κ3) is 3.70. The zero-order valence-corrected chi connectivity index (χ0v) is 13.8. The Kier molecular flexibility index (Phi) is 4.61. The van der Waals surface area contributed by atoms with Gasteiger partial charge in [-0.15, -0.1) is 0 Å². The molecular formula is C21H23NO. The molecule has 2 nitrogen and oxygen atoms in total. The van der Waals surface area contributed by atoms with E-state index in [1.807, 2.05) is 17.0 Å². The molecule has 0 N–H and O–H groups in total. The third-order valence-corrected chi connectivity index (χ3v) is 4.46. The minimum atomic E-state index is 0.0902. The summed E-state index contributed by atoms with van der Waals surface area (Å²) in [5.41, 5.74) is 5.02. The predicted octanol–water partition coefficient (Wildman–Crippen LogP) is 4.41. The summed E-state index contributed by atoms with van der Waals surface area (Å²) < 4.78 is 0. The van der Waals surface area contributed by atoms with Gasteiger partial charge < -0.3 is 4.90 Å². The lowest BCUT2D eigenvalue weighted by Gasteiger charge is -2.27. The van der Waals surface area contributed by atoms with Gasteiger partial charge in [0, 0.05) is 19.2 Å². The molecular weight excluding hydrogens is 282 g/mol. The molecule has 0 radical (unpaired) electrons. The third-order valence-electron chi connectivity index (χ3n) is 4.46. The standard InChI is InChI=1S/C21H23NO/c1-16(2)18-10-7-17(8-11-18)9-12-21(23)22-14-13-19-5-3-4-6-20(19)15-22/h3-12,16H,13-15H2,1-2H3. The van der Waals surface area contributed by atoms with E-state index in [0.717, 1.165) is 18.5 Å². The number of hydrogen-bond acceptors (Lipinski definition) is 1. The number of hydrogen-bond donors (Lipinski definition) is 0. The lowest BCUT2D eigenvalue weighted by Crippen LogP contribution is -2.34. The van der Waals surface area contributed by atoms with Gasteiger partial charge in [-0.05, 0) is 40.7 Å². The first-order valence-electron chi connectivity index (χ1n) is 8.27. The molecule has 0 bridgehead atoms. The Labute approximate surface area is 138 Å². The van der Waals surface area contributed by atoms with Crippen molar-refractivity contribution in [2.75, 3.05) is 6.54 Å². The van der Waals surface area contributed by atoms with Gasteiger partial charge in [0.25, 0.3) is 0 Å². The maximum Gasteiger partial charge on any atom is 0.246 e. The average Bonchev–Trinajstić information content (AvgIpc) is 2.59. The minimum Gasteiger partial charge on any atom is -0.334 e. The van der Waals surface area contributed by atoms with E-state index in [0.29, 0.717) is 12.5 Å². The fourth-order valence-corrected chi connectivity index (χ4v) is 2.95. The highest BCUT2D eigenvalue weighted by atomic mass is 16.2. The molecule has 23 heavy (non-hydrogen) atoms. The van der Waals surface area contributed by atoms with Crippen LogP contribution in [-0.2, 0) is 17.8 Å². The maximum atomic E-state index is 12.4. The molecule has 0 saturated heterocycles. The van der Waals surface area contributed by atoms with Crippen molar-refractivity contribution in [3.63, 3.8) is 0 Å². The number of nitrogens with zero attached hydrogens (tertiary/aromatic N) is 1. The van der Waals surface area contributed by atoms with Crippen molar-refractivity contribution in [2.24, 2.45) is 0 Å². The van der Waals surface area contributed by atoms with Crippen LogP contribution in [0.4, 0.5) is 0 Å². The van der Waals surface area contributed by atoms with E-state index in [9.17, 15) is 4.79 Å². The lowest BCUT2D eigenvalue weighted by molar-refractivity contribution is -0.126. The van der Waals surface area contributed by atoms with E-state index in [1.165, 1.54) is 16.7 Å². The van der Waals surface area contributed by atoms with Gasteiger partial charge in [-0.25, -0.2) is 0 Å². The van der Waals surface area contributed by atoms with Crippen LogP contribution >= 0.6 is 0 Å². The predicted molar refractivity (Wildman–Crippen MR) is 95.1 cm³/mol. The van der Waals surface area contributed by atoms with Crippen molar-refractivity contribution in [1.29, 1.82) is 0 Å². The Hall–Kier alpha value is -2.35. The molecule has 1 aliphatic rings. The second-order valence-corrected chi connectivity index (χ2v) is 6.43. The molecule has 1 amide bonds. The Bertz CT molecular complexity index is 713. The molecule has 0 aromatic heterocycles. The molecule has 0 aliphatic carbocycles. The van der Waals surface area contributed by atoms with Gasteiger partial charge >= 0.3 is 0 Å². The number of carbonyl (C=O) groups excluding carboxylic acids is 1. The number of fused-ring (bicyclic) bond motifs is 1. The smallest absolute Gasteiger partial charge is 0.246 e. The van der Waals surface area contributed by atoms with Gasteiger partial charge in [-0.2, -0.15) is 0 Å². The van der Waals surface area contributed by atoms with Crippen LogP contribution in [0.2, 0.25) is 0 Å². The van der Waals surface area contributed by atoms with Crippen molar-refractivity contribution in [3.05, 3.63) is 76.9 Å². The van der Waals surface area contributed by atoms with Crippen molar-refractivity contribution in [2.45, 2.75) is 32.7 Å². The Morgan fingerprint density at radius 3 is 2.43 bits per heavy atom. The second kappa shape index (κ2) is 6.82. The summed E-state index contributed by atoms with van der Waals surface area (Å²) in [7, 11) is 0. The maximum absolute atomic E-state index is 12.4. The fraction of sp³-hybridized carbons (Fsp3) is 0.286. The first-order chi connectivity index (χ1) is 11.1. The number of carbonyl (C=O) groups is 1. The Morgan fingerprint density at radius 2 is 1.74 bits per heavy atom. The molecule has 118 valence electrons. The summed E-state index contributed by atoms with van der Waals surface area (Å²) >= 11 is 0. The topological polar surface area (TPSA) is 20.3 Å². The highest BCUT2D eigenvalue weighted by Crippen LogP contribution is 2.19. The molecule has 2 aromatic carbocycles. The number of amides is 1. The molecule has 0 atom stereocenters. The summed E-state index contributed by atoms with van der Waals surface area (Å²) in [5, 5.41) is 0. The average molecular weight is 305 g/mol. The van der Waals surface area contributed by atoms with Crippen molar-refractivity contribution >= 4 is 12.0 Å². The summed E-state index contributed by atoms with van der Waals surface area (Å²) in [5.74, 6) is 0.621. The molecule has 1 aliphatic heterocycles. The lowest BCUT2D eigenvalue weighted by atomic mass is 10.00. The summed E-state index contributed by atoms with van der Waals surface area (Å²) in [6.07, 6.45) is 4.55. The highest BCUT2D eigenvalue weighted by molar-refractivity contribution is 5.91. The molecule has 0 fully saturated rings.